The number of carboxylic acid groups (broad SMARTS) is 1. The van der Waals surface area contributed by atoms with Gasteiger partial charge in [0.2, 0.25) is 0 Å². The topological polar surface area (TPSA) is 94.4 Å². The van der Waals surface area contributed by atoms with Crippen LogP contribution in [0.15, 0.2) is 34.4 Å². The number of amides is 1. The Hall–Kier alpha value is -2.70. The molecule has 7 heteroatoms. The highest BCUT2D eigenvalue weighted by atomic mass is 16.4. The predicted octanol–water partition coefficient (Wildman–Crippen LogP) is 0.297. The maximum Gasteiger partial charge on any atom is 0.306 e. The quantitative estimate of drug-likeness (QED) is 0.797. The minimum Gasteiger partial charge on any atom is -0.481 e. The molecule has 0 spiro atoms. The highest BCUT2D eigenvalue weighted by Gasteiger charge is 2.36. The molecule has 0 radical (unpaired) electrons. The maximum absolute atomic E-state index is 11.7. The van der Waals surface area contributed by atoms with Crippen LogP contribution < -0.4 is 5.43 Å². The van der Waals surface area contributed by atoms with Crippen LogP contribution in [-0.4, -0.2) is 40.1 Å². The smallest absolute Gasteiger partial charge is 0.306 e. The number of nitrogens with zero attached hydrogens (tertiary/aromatic N) is 3. The lowest BCUT2D eigenvalue weighted by molar-refractivity contribution is -0.140. The van der Waals surface area contributed by atoms with Gasteiger partial charge in [0.05, 0.1) is 18.4 Å². The summed E-state index contributed by atoms with van der Waals surface area (Å²) in [5.41, 5.74) is 3.86. The first kappa shape index (κ1) is 11.4. The maximum atomic E-state index is 11.7. The lowest BCUT2D eigenvalue weighted by Crippen LogP contribution is -2.54. The fraction of sp³-hybridized carbons (Fsp3) is 0.167. The van der Waals surface area contributed by atoms with Crippen LogP contribution in [0, 0.1) is 0 Å². The molecule has 19 heavy (non-hydrogen) atoms. The second-order valence-electron chi connectivity index (χ2n) is 4.19. The third kappa shape index (κ3) is 1.85. The number of hydrogen-bond acceptors (Lipinski definition) is 5. The number of rotatable bonds is 2. The van der Waals surface area contributed by atoms with Gasteiger partial charge in [0.1, 0.15) is 6.04 Å². The van der Waals surface area contributed by atoms with E-state index in [9.17, 15) is 9.59 Å². The van der Waals surface area contributed by atoms with E-state index in [1.54, 1.807) is 0 Å². The molecule has 2 heterocycles. The van der Waals surface area contributed by atoms with Crippen LogP contribution in [0.4, 0.5) is 5.69 Å². The van der Waals surface area contributed by atoms with E-state index in [4.69, 9.17) is 5.11 Å². The van der Waals surface area contributed by atoms with Gasteiger partial charge in [0, 0.05) is 5.56 Å². The summed E-state index contributed by atoms with van der Waals surface area (Å²) in [6, 6.07) is 6.51. The molecular formula is C12H10N4O3. The number of hydrazone groups is 1. The number of aliphatic imine (C=N–C) groups is 1. The Morgan fingerprint density at radius 2 is 2.21 bits per heavy atom. The molecule has 0 saturated carbocycles. The van der Waals surface area contributed by atoms with Crippen molar-refractivity contribution in [3.8, 4) is 0 Å². The summed E-state index contributed by atoms with van der Waals surface area (Å²) in [5, 5.41) is 12.9. The average Bonchev–Trinajstić information content (AvgIpc) is 2.41. The van der Waals surface area contributed by atoms with Gasteiger partial charge in [0.25, 0.3) is 5.91 Å². The van der Waals surface area contributed by atoms with Crippen LogP contribution in [0.2, 0.25) is 0 Å². The molecule has 1 atom stereocenters. The van der Waals surface area contributed by atoms with Gasteiger partial charge in [-0.3, -0.25) is 9.59 Å². The number of para-hydroxylation sites is 1. The largest absolute Gasteiger partial charge is 0.481 e. The van der Waals surface area contributed by atoms with E-state index in [-0.39, 0.29) is 6.42 Å². The molecule has 2 aliphatic heterocycles. The van der Waals surface area contributed by atoms with Crippen molar-refractivity contribution in [1.82, 2.24) is 10.3 Å². The van der Waals surface area contributed by atoms with Crippen LogP contribution in [-0.2, 0) is 9.59 Å². The molecule has 0 saturated heterocycles. The van der Waals surface area contributed by atoms with Gasteiger partial charge >= 0.3 is 5.97 Å². The molecule has 96 valence electrons. The van der Waals surface area contributed by atoms with E-state index in [1.165, 1.54) is 11.2 Å². The van der Waals surface area contributed by atoms with Crippen LogP contribution in [0.5, 0.6) is 0 Å². The van der Waals surface area contributed by atoms with Crippen molar-refractivity contribution >= 4 is 29.7 Å². The number of carbonyl (C=O) groups excluding carboxylic acids is 1. The standard InChI is InChI=1S/C12H10N4O3/c17-10(18)5-9-12(19)15-14-11-7-3-1-2-4-8(7)13-6-16(9)11/h1-4,6,9H,5H2,(H,15,19)(H,17,18)/t9-/m1/s1. The van der Waals surface area contributed by atoms with Crippen LogP contribution in [0.25, 0.3) is 0 Å². The van der Waals surface area contributed by atoms with Gasteiger partial charge in [0.15, 0.2) is 5.84 Å². The Morgan fingerprint density at radius 1 is 1.42 bits per heavy atom. The van der Waals surface area contributed by atoms with E-state index >= 15 is 0 Å². The zero-order valence-electron chi connectivity index (χ0n) is 9.78. The first-order valence-corrected chi connectivity index (χ1v) is 5.68. The number of benzene rings is 1. The number of hydrogen-bond donors (Lipinski definition) is 2. The minimum absolute atomic E-state index is 0.307. The summed E-state index contributed by atoms with van der Waals surface area (Å²) in [7, 11) is 0. The summed E-state index contributed by atoms with van der Waals surface area (Å²) < 4.78 is 0. The zero-order valence-corrected chi connectivity index (χ0v) is 9.78. The number of carboxylic acids is 1. The van der Waals surface area contributed by atoms with Gasteiger partial charge in [-0.15, -0.1) is 0 Å². The lowest BCUT2D eigenvalue weighted by atomic mass is 10.1. The van der Waals surface area contributed by atoms with E-state index in [1.807, 2.05) is 24.3 Å². The van der Waals surface area contributed by atoms with E-state index in [0.717, 1.165) is 11.3 Å². The van der Waals surface area contributed by atoms with E-state index in [2.05, 4.69) is 15.5 Å². The normalized spacial score (nSPS) is 20.2. The van der Waals surface area contributed by atoms with Crippen LogP contribution >= 0.6 is 0 Å². The molecule has 1 aromatic carbocycles. The van der Waals surface area contributed by atoms with Crippen molar-refractivity contribution in [3.05, 3.63) is 29.8 Å². The Bertz CT molecular complexity index is 623. The summed E-state index contributed by atoms with van der Waals surface area (Å²) >= 11 is 0. The molecule has 2 aliphatic rings. The zero-order chi connectivity index (χ0) is 13.4. The first-order valence-electron chi connectivity index (χ1n) is 5.68. The molecule has 0 unspecified atom stereocenters. The summed E-state index contributed by atoms with van der Waals surface area (Å²) in [4.78, 5) is 28.3. The second kappa shape index (κ2) is 4.20. The van der Waals surface area contributed by atoms with Crippen LogP contribution in [0.3, 0.4) is 0 Å². The third-order valence-electron chi connectivity index (χ3n) is 2.99. The molecule has 0 aromatic heterocycles. The molecule has 1 amide bonds. The summed E-state index contributed by atoms with van der Waals surface area (Å²) in [6.45, 7) is 0. The van der Waals surface area contributed by atoms with Gasteiger partial charge in [-0.25, -0.2) is 10.4 Å². The number of nitrogens with one attached hydrogen (secondary N) is 1. The van der Waals surface area contributed by atoms with Gasteiger partial charge in [-0.1, -0.05) is 12.1 Å². The highest BCUT2D eigenvalue weighted by molar-refractivity contribution is 6.14. The Kier molecular flexibility index (Phi) is 2.52. The van der Waals surface area contributed by atoms with Crippen molar-refractivity contribution in [1.29, 1.82) is 0 Å². The second-order valence-corrected chi connectivity index (χ2v) is 4.19. The highest BCUT2D eigenvalue weighted by Crippen LogP contribution is 2.27. The average molecular weight is 258 g/mol. The minimum atomic E-state index is -1.05. The fourth-order valence-electron chi connectivity index (χ4n) is 2.10. The molecule has 3 rings (SSSR count). The number of fused-ring (bicyclic) bond motifs is 3. The SMILES string of the molecule is O=C(O)C[C@@H]1C(=O)NN=C2c3ccccc3N=CN21. The first-order chi connectivity index (χ1) is 9.16. The van der Waals surface area contributed by atoms with Crippen molar-refractivity contribution < 1.29 is 14.7 Å². The Labute approximate surface area is 108 Å². The molecule has 7 nitrogen and oxygen atoms in total. The monoisotopic (exact) mass is 258 g/mol. The molecule has 2 N–H and O–H groups in total. The summed E-state index contributed by atoms with van der Waals surface area (Å²) in [5.74, 6) is -0.984. The Balaban J connectivity index is 2.04. The predicted molar refractivity (Wildman–Crippen MR) is 67.2 cm³/mol. The van der Waals surface area contributed by atoms with Crippen LogP contribution in [0.1, 0.15) is 12.0 Å². The molecule has 1 aromatic rings. The van der Waals surface area contributed by atoms with Crippen molar-refractivity contribution in [2.45, 2.75) is 12.5 Å². The molecule has 0 aliphatic carbocycles. The number of carbonyl (C=O) groups is 2. The van der Waals surface area contributed by atoms with Gasteiger partial charge < -0.3 is 10.0 Å². The van der Waals surface area contributed by atoms with Crippen molar-refractivity contribution in [2.75, 3.05) is 0 Å². The number of aliphatic carboxylic acids is 1. The summed E-state index contributed by atoms with van der Waals surface area (Å²) in [6.07, 6.45) is 1.15. The molecular weight excluding hydrogens is 248 g/mol. The van der Waals surface area contributed by atoms with E-state index < -0.39 is 17.9 Å². The van der Waals surface area contributed by atoms with E-state index in [0.29, 0.717) is 5.84 Å². The van der Waals surface area contributed by atoms with Crippen molar-refractivity contribution in [3.63, 3.8) is 0 Å². The Morgan fingerprint density at radius 3 is 3.00 bits per heavy atom. The fourth-order valence-corrected chi connectivity index (χ4v) is 2.10. The van der Waals surface area contributed by atoms with Crippen molar-refractivity contribution in [2.24, 2.45) is 10.1 Å². The third-order valence-corrected chi connectivity index (χ3v) is 2.99. The number of amidine groups is 1. The van der Waals surface area contributed by atoms with Gasteiger partial charge in [-0.2, -0.15) is 5.10 Å². The molecule has 0 fully saturated rings. The molecule has 0 bridgehead atoms. The lowest BCUT2D eigenvalue weighted by Gasteiger charge is -2.34. The van der Waals surface area contributed by atoms with Gasteiger partial charge in [-0.05, 0) is 12.1 Å².